The predicted octanol–water partition coefficient (Wildman–Crippen LogP) is 6.15. The Morgan fingerprint density at radius 2 is 0.894 bits per heavy atom. The third-order valence-corrected chi connectivity index (χ3v) is 16.5. The summed E-state index contributed by atoms with van der Waals surface area (Å²) in [6, 6.07) is 29.4. The van der Waals surface area contributed by atoms with Gasteiger partial charge in [-0.15, -0.1) is 0 Å². The zero-order chi connectivity index (χ0) is 32.3. The molecule has 4 aromatic rings. The van der Waals surface area contributed by atoms with Crippen molar-refractivity contribution >= 4 is 41.7 Å². The Hall–Kier alpha value is -2.52. The normalized spacial score (nSPS) is 29.5. The van der Waals surface area contributed by atoms with E-state index in [0.29, 0.717) is 22.1 Å². The van der Waals surface area contributed by atoms with Crippen molar-refractivity contribution in [1.29, 1.82) is 0 Å². The molecule has 12 nitrogen and oxygen atoms in total. The second kappa shape index (κ2) is 11.8. The molecule has 16 heteroatoms. The minimum absolute atomic E-state index is 0.156. The van der Waals surface area contributed by atoms with E-state index >= 15 is 0 Å². The van der Waals surface area contributed by atoms with Crippen molar-refractivity contribution in [1.82, 2.24) is 0 Å². The van der Waals surface area contributed by atoms with Crippen molar-refractivity contribution in [3.63, 3.8) is 0 Å². The average Bonchev–Trinajstić information content (AvgIpc) is 3.10. The maximum absolute atomic E-state index is 13.4. The van der Waals surface area contributed by atoms with Crippen LogP contribution in [0, 0.1) is 5.41 Å². The topological polar surface area (TPSA) is 148 Å². The second-order valence-electron chi connectivity index (χ2n) is 11.9. The first kappa shape index (κ1) is 31.7. The summed E-state index contributed by atoms with van der Waals surface area (Å²) in [6.45, 7) is -0.625. The van der Waals surface area contributed by atoms with E-state index in [4.69, 9.17) is 36.2 Å². The summed E-state index contributed by atoms with van der Waals surface area (Å²) in [5.41, 5.74) is 2.37. The molecule has 4 heterocycles. The van der Waals surface area contributed by atoms with Gasteiger partial charge in [-0.1, -0.05) is 0 Å². The molecule has 0 atom stereocenters. The number of hydrogen-bond acceptors (Lipinski definition) is 12. The van der Waals surface area contributed by atoms with Crippen molar-refractivity contribution in [2.45, 2.75) is 0 Å². The summed E-state index contributed by atoms with van der Waals surface area (Å²) in [4.78, 5) is 23.3. The molecule has 2 fully saturated rings. The van der Waals surface area contributed by atoms with Crippen LogP contribution >= 0.6 is 31.1 Å². The fraction of sp³-hybridized carbons (Fsp3) is 0.226. The van der Waals surface area contributed by atoms with Crippen LogP contribution in [0.5, 0.6) is 11.5 Å². The van der Waals surface area contributed by atoms with Crippen molar-refractivity contribution in [3.8, 4) is 33.8 Å². The van der Waals surface area contributed by atoms with Crippen molar-refractivity contribution in [2.75, 3.05) is 39.1 Å². The Balaban J connectivity index is 0.891. The molecule has 4 aliphatic heterocycles. The van der Waals surface area contributed by atoms with E-state index in [2.05, 4.69) is 0 Å². The molecule has 4 aliphatic rings. The van der Waals surface area contributed by atoms with E-state index in [-0.39, 0.29) is 26.4 Å². The second-order valence-corrected chi connectivity index (χ2v) is 20.4. The van der Waals surface area contributed by atoms with E-state index in [1.807, 2.05) is 48.5 Å². The molecular formula is C31H32O12P4. The molecule has 2 N–H and O–H groups in total. The Bertz CT molecular complexity index is 1790. The molecular weight excluding hydrogens is 688 g/mol. The van der Waals surface area contributed by atoms with E-state index < -0.39 is 49.2 Å². The summed E-state index contributed by atoms with van der Waals surface area (Å²) in [5.74, 6) is 1.02. The number of rotatable bonds is 6. The van der Waals surface area contributed by atoms with Crippen LogP contribution in [0.4, 0.5) is 0 Å². The number of phosphoric acid groups is 2. The van der Waals surface area contributed by atoms with E-state index in [1.165, 1.54) is 0 Å². The number of para-hydroxylation sites is 2. The number of benzene rings is 4. The Morgan fingerprint density at radius 3 is 1.30 bits per heavy atom. The fourth-order valence-corrected chi connectivity index (χ4v) is 14.6. The standard InChI is InChI=1S/C31H32O12P4/c32-44(29-15-7-3-11-25(29)23-9-1-5-13-27(23)42-44)21-40-46(34)36-17-31(18-37-46)19-38-47(35,39-20-31)41-22-45(33)30-16-8-4-12-26(30)24-10-2-6-14-28(24)43-45/h1-16,32-33,44-45H,17-22H2. The molecule has 8 rings (SSSR count). The van der Waals surface area contributed by atoms with Crippen molar-refractivity contribution < 1.29 is 55.1 Å². The summed E-state index contributed by atoms with van der Waals surface area (Å²) in [5, 5.41) is 1.17. The van der Waals surface area contributed by atoms with Gasteiger partial charge in [0.15, 0.2) is 0 Å². The van der Waals surface area contributed by atoms with Gasteiger partial charge in [-0.25, -0.2) is 0 Å². The molecule has 2 saturated heterocycles. The molecule has 0 bridgehead atoms. The summed E-state index contributed by atoms with van der Waals surface area (Å²) in [7, 11) is -15.7. The molecule has 0 radical (unpaired) electrons. The molecule has 248 valence electrons. The molecule has 4 aromatic carbocycles. The molecule has 0 saturated carbocycles. The molecule has 0 aromatic heterocycles. The van der Waals surface area contributed by atoms with Gasteiger partial charge in [0.25, 0.3) is 0 Å². The van der Waals surface area contributed by atoms with Gasteiger partial charge in [0, 0.05) is 0 Å². The first-order valence-electron chi connectivity index (χ1n) is 14.9. The van der Waals surface area contributed by atoms with Gasteiger partial charge in [-0.3, -0.25) is 0 Å². The zero-order valence-electron chi connectivity index (χ0n) is 24.9. The van der Waals surface area contributed by atoms with Crippen LogP contribution < -0.4 is 19.7 Å². The average molecular weight is 720 g/mol. The van der Waals surface area contributed by atoms with E-state index in [9.17, 15) is 18.9 Å². The SMILES string of the molecule is O=P1(OC[PH]2(O)Oc3ccccc3-c3ccccc32)OCC2(CO1)COP(=O)(OC[PH]1(O)Oc3ccccc3-c3ccccc31)OC2. The van der Waals surface area contributed by atoms with Gasteiger partial charge in [-0.2, -0.15) is 0 Å². The van der Waals surface area contributed by atoms with Gasteiger partial charge in [0.1, 0.15) is 0 Å². The summed E-state index contributed by atoms with van der Waals surface area (Å²) in [6.07, 6.45) is -0.803. The summed E-state index contributed by atoms with van der Waals surface area (Å²) < 4.78 is 72.6. The molecule has 0 amide bonds. The first-order valence-corrected chi connectivity index (χ1v) is 21.9. The Kier molecular flexibility index (Phi) is 7.98. The zero-order valence-corrected chi connectivity index (χ0v) is 28.6. The first-order chi connectivity index (χ1) is 22.6. The van der Waals surface area contributed by atoms with E-state index in [1.54, 1.807) is 48.5 Å². The van der Waals surface area contributed by atoms with Crippen LogP contribution in [-0.2, 0) is 36.3 Å². The van der Waals surface area contributed by atoms with E-state index in [0.717, 1.165) is 22.3 Å². The number of phosphoric ester groups is 2. The van der Waals surface area contributed by atoms with Crippen LogP contribution in [0.25, 0.3) is 22.3 Å². The molecule has 47 heavy (non-hydrogen) atoms. The van der Waals surface area contributed by atoms with Crippen molar-refractivity contribution in [2.24, 2.45) is 5.41 Å². The third-order valence-electron chi connectivity index (χ3n) is 8.56. The minimum atomic E-state index is -4.10. The summed E-state index contributed by atoms with van der Waals surface area (Å²) >= 11 is 0. The van der Waals surface area contributed by atoms with Gasteiger partial charge >= 0.3 is 272 Å². The number of fused-ring (bicyclic) bond motifs is 6. The van der Waals surface area contributed by atoms with Gasteiger partial charge < -0.3 is 0 Å². The monoisotopic (exact) mass is 720 g/mol. The van der Waals surface area contributed by atoms with Crippen LogP contribution in [0.2, 0.25) is 0 Å². The fourth-order valence-electron chi connectivity index (χ4n) is 6.03. The van der Waals surface area contributed by atoms with Crippen LogP contribution in [-0.4, -0.2) is 48.9 Å². The van der Waals surface area contributed by atoms with Crippen LogP contribution in [0.1, 0.15) is 0 Å². The third kappa shape index (κ3) is 5.81. The Labute approximate surface area is 271 Å². The quantitative estimate of drug-likeness (QED) is 0.220. The van der Waals surface area contributed by atoms with Crippen LogP contribution in [0.3, 0.4) is 0 Å². The van der Waals surface area contributed by atoms with Gasteiger partial charge in [0.2, 0.25) is 0 Å². The Morgan fingerprint density at radius 1 is 0.553 bits per heavy atom. The van der Waals surface area contributed by atoms with Gasteiger partial charge in [-0.05, 0) is 0 Å². The molecule has 0 aliphatic carbocycles. The maximum atomic E-state index is 13.4. The number of hydrogen-bond donors (Lipinski definition) is 2. The predicted molar refractivity (Wildman–Crippen MR) is 179 cm³/mol. The van der Waals surface area contributed by atoms with Crippen LogP contribution in [0.15, 0.2) is 97.1 Å². The van der Waals surface area contributed by atoms with Gasteiger partial charge in [0.05, 0.1) is 0 Å². The molecule has 1 spiro atoms. The molecule has 0 unspecified atom stereocenters. The van der Waals surface area contributed by atoms with Crippen molar-refractivity contribution in [3.05, 3.63) is 97.1 Å².